The first kappa shape index (κ1) is 29.7. The van der Waals surface area contributed by atoms with Crippen LogP contribution in [0.1, 0.15) is 80.1 Å². The molecule has 2 aliphatic carbocycles. The van der Waals surface area contributed by atoms with E-state index < -0.39 is 35.2 Å². The van der Waals surface area contributed by atoms with Crippen molar-refractivity contribution in [3.05, 3.63) is 0 Å². The van der Waals surface area contributed by atoms with Gasteiger partial charge in [-0.25, -0.2) is 0 Å². The molecule has 0 aromatic carbocycles. The Morgan fingerprint density at radius 1 is 1.00 bits per heavy atom. The first-order valence-electron chi connectivity index (χ1n) is 14.9. The molecule has 0 bridgehead atoms. The van der Waals surface area contributed by atoms with Crippen LogP contribution in [0.3, 0.4) is 0 Å². The highest BCUT2D eigenvalue weighted by molar-refractivity contribution is 5.72. The van der Waals surface area contributed by atoms with E-state index in [2.05, 4.69) is 13.8 Å². The van der Waals surface area contributed by atoms with Crippen LogP contribution in [0.15, 0.2) is 0 Å². The van der Waals surface area contributed by atoms with Crippen molar-refractivity contribution >= 4 is 17.9 Å². The SMILES string of the molecule is CCC(C)C(=O)O[C@H]1CC[C@@H]2[C@@](C)([C@@H]3CC4C[C@@H](OC)OC4O3)[C@H](C)C[C@H](OC(C)=O)[C@@]2(COC(C)=O)[C@@]12CO2. The molecule has 3 heterocycles. The maximum Gasteiger partial charge on any atom is 0.309 e. The quantitative estimate of drug-likeness (QED) is 0.244. The zero-order valence-corrected chi connectivity index (χ0v) is 24.9. The fraction of sp³-hybridized carbons (Fsp3) is 0.900. The summed E-state index contributed by atoms with van der Waals surface area (Å²) < 4.78 is 42.5. The third-order valence-corrected chi connectivity index (χ3v) is 11.1. The van der Waals surface area contributed by atoms with E-state index in [4.69, 9.17) is 33.2 Å². The number of fused-ring (bicyclic) bond motifs is 3. The second-order valence-corrected chi connectivity index (χ2v) is 13.0. The molecule has 0 N–H and O–H groups in total. The summed E-state index contributed by atoms with van der Waals surface area (Å²) in [5.41, 5.74) is -2.22. The van der Waals surface area contributed by atoms with Gasteiger partial charge in [-0.05, 0) is 43.9 Å². The monoisotopic (exact) mass is 566 g/mol. The minimum atomic E-state index is -0.928. The van der Waals surface area contributed by atoms with Crippen molar-refractivity contribution in [2.24, 2.45) is 34.5 Å². The van der Waals surface area contributed by atoms with Gasteiger partial charge in [-0.2, -0.15) is 0 Å². The Morgan fingerprint density at radius 2 is 1.73 bits per heavy atom. The van der Waals surface area contributed by atoms with Crippen LogP contribution in [0.5, 0.6) is 0 Å². The fourth-order valence-corrected chi connectivity index (χ4v) is 8.51. The van der Waals surface area contributed by atoms with Gasteiger partial charge in [0.15, 0.2) is 12.6 Å². The number of carbonyl (C=O) groups is 3. The number of rotatable bonds is 8. The number of hydrogen-bond acceptors (Lipinski definition) is 10. The third kappa shape index (κ3) is 4.57. The van der Waals surface area contributed by atoms with Gasteiger partial charge in [0.2, 0.25) is 0 Å². The van der Waals surface area contributed by atoms with Gasteiger partial charge in [0.1, 0.15) is 24.4 Å². The van der Waals surface area contributed by atoms with Gasteiger partial charge < -0.3 is 33.2 Å². The first-order valence-corrected chi connectivity index (χ1v) is 14.9. The second kappa shape index (κ2) is 10.8. The Bertz CT molecular complexity index is 981. The summed E-state index contributed by atoms with van der Waals surface area (Å²) in [6.45, 7) is 11.4. The summed E-state index contributed by atoms with van der Waals surface area (Å²) in [5.74, 6) is -1.10. The second-order valence-electron chi connectivity index (χ2n) is 13.0. The predicted octanol–water partition coefficient (Wildman–Crippen LogP) is 3.77. The zero-order chi connectivity index (χ0) is 29.0. The molecule has 40 heavy (non-hydrogen) atoms. The Balaban J connectivity index is 1.56. The largest absolute Gasteiger partial charge is 0.465 e. The Morgan fingerprint density at radius 3 is 2.30 bits per heavy atom. The van der Waals surface area contributed by atoms with Gasteiger partial charge in [-0.1, -0.05) is 27.7 Å². The normalized spacial score (nSPS) is 46.3. The first-order chi connectivity index (χ1) is 18.9. The van der Waals surface area contributed by atoms with Crippen LogP contribution in [0.25, 0.3) is 0 Å². The summed E-state index contributed by atoms with van der Waals surface area (Å²) in [6.07, 6.45) is 2.27. The minimum Gasteiger partial charge on any atom is -0.465 e. The highest BCUT2D eigenvalue weighted by Gasteiger charge is 2.80. The molecule has 0 amide bonds. The van der Waals surface area contributed by atoms with E-state index >= 15 is 0 Å². The number of epoxide rings is 1. The average Bonchev–Trinajstić information content (AvgIpc) is 3.44. The van der Waals surface area contributed by atoms with Crippen molar-refractivity contribution < 1.29 is 47.5 Å². The van der Waals surface area contributed by atoms with Crippen molar-refractivity contribution in [2.75, 3.05) is 20.3 Å². The molecule has 5 rings (SSSR count). The Kier molecular flexibility index (Phi) is 8.05. The van der Waals surface area contributed by atoms with Crippen molar-refractivity contribution in [3.8, 4) is 0 Å². The lowest BCUT2D eigenvalue weighted by Gasteiger charge is -2.64. The van der Waals surface area contributed by atoms with Gasteiger partial charge in [0.05, 0.1) is 24.0 Å². The molecule has 2 saturated carbocycles. The van der Waals surface area contributed by atoms with Gasteiger partial charge in [0, 0.05) is 38.7 Å². The maximum atomic E-state index is 13.0. The lowest BCUT2D eigenvalue weighted by atomic mass is 9.42. The fourth-order valence-electron chi connectivity index (χ4n) is 8.51. The summed E-state index contributed by atoms with van der Waals surface area (Å²) in [6, 6.07) is 0. The summed E-state index contributed by atoms with van der Waals surface area (Å²) >= 11 is 0. The molecule has 3 aliphatic heterocycles. The van der Waals surface area contributed by atoms with Crippen LogP contribution in [0, 0.1) is 34.5 Å². The number of methoxy groups -OCH3 is 1. The predicted molar refractivity (Wildman–Crippen MR) is 141 cm³/mol. The molecule has 0 aromatic heterocycles. The van der Waals surface area contributed by atoms with Crippen molar-refractivity contribution in [1.29, 1.82) is 0 Å². The lowest BCUT2D eigenvalue weighted by Crippen LogP contribution is -2.72. The van der Waals surface area contributed by atoms with Crippen LogP contribution in [-0.2, 0) is 47.5 Å². The average molecular weight is 567 g/mol. The maximum absolute atomic E-state index is 13.0. The van der Waals surface area contributed by atoms with Crippen LogP contribution < -0.4 is 0 Å². The number of esters is 3. The molecule has 226 valence electrons. The van der Waals surface area contributed by atoms with E-state index in [1.54, 1.807) is 7.11 Å². The topological polar surface area (TPSA) is 119 Å². The van der Waals surface area contributed by atoms with Gasteiger partial charge in [-0.15, -0.1) is 0 Å². The molecule has 1 spiro atoms. The highest BCUT2D eigenvalue weighted by atomic mass is 16.8. The van der Waals surface area contributed by atoms with Crippen molar-refractivity contribution in [2.45, 2.75) is 117 Å². The summed E-state index contributed by atoms with van der Waals surface area (Å²) in [4.78, 5) is 37.8. The van der Waals surface area contributed by atoms with E-state index in [0.29, 0.717) is 32.3 Å². The molecule has 12 atom stereocenters. The van der Waals surface area contributed by atoms with E-state index in [-0.39, 0.29) is 60.3 Å². The van der Waals surface area contributed by atoms with Crippen LogP contribution >= 0.6 is 0 Å². The molecule has 5 aliphatic rings. The van der Waals surface area contributed by atoms with E-state index in [9.17, 15) is 14.4 Å². The molecule has 5 fully saturated rings. The highest BCUT2D eigenvalue weighted by Crippen LogP contribution is 2.70. The number of hydrogen-bond donors (Lipinski definition) is 0. The molecule has 10 heteroatoms. The molecular formula is C30H46O10. The van der Waals surface area contributed by atoms with Crippen LogP contribution in [0.4, 0.5) is 0 Å². The van der Waals surface area contributed by atoms with Crippen LogP contribution in [0.2, 0.25) is 0 Å². The standard InChI is InChI=1S/C30H46O10/c1-8-16(2)26(33)38-22-10-9-21-28(6,23-12-20-13-25(34-7)40-27(20)39-23)17(3)11-24(37-19(5)32)29(21,14-35-18(4)31)30(22)15-36-30/h16-17,20-25,27H,8-15H2,1-7H3/t16?,17-,20?,21-,22+,23+,24+,25+,27?,28+,29+,30-/m1/s1. The van der Waals surface area contributed by atoms with Crippen LogP contribution in [-0.4, -0.2) is 74.7 Å². The molecule has 3 unspecified atom stereocenters. The molecule has 10 nitrogen and oxygen atoms in total. The molecule has 0 aromatic rings. The number of ether oxygens (including phenoxy) is 7. The minimum absolute atomic E-state index is 0.00641. The number of carbonyl (C=O) groups excluding carboxylic acids is 3. The van der Waals surface area contributed by atoms with E-state index in [0.717, 1.165) is 12.8 Å². The third-order valence-electron chi connectivity index (χ3n) is 11.1. The summed E-state index contributed by atoms with van der Waals surface area (Å²) in [7, 11) is 1.65. The van der Waals surface area contributed by atoms with Crippen molar-refractivity contribution in [3.63, 3.8) is 0 Å². The Labute approximate surface area is 237 Å². The van der Waals surface area contributed by atoms with Crippen molar-refractivity contribution in [1.82, 2.24) is 0 Å². The molecular weight excluding hydrogens is 520 g/mol. The van der Waals surface area contributed by atoms with E-state index in [1.165, 1.54) is 13.8 Å². The van der Waals surface area contributed by atoms with E-state index in [1.807, 2.05) is 13.8 Å². The van der Waals surface area contributed by atoms with Gasteiger partial charge in [0.25, 0.3) is 0 Å². The molecule has 3 saturated heterocycles. The summed E-state index contributed by atoms with van der Waals surface area (Å²) in [5, 5.41) is 0. The Hall–Kier alpha value is -1.75. The zero-order valence-electron chi connectivity index (χ0n) is 24.9. The molecule has 0 radical (unpaired) electrons. The van der Waals surface area contributed by atoms with Gasteiger partial charge in [-0.3, -0.25) is 14.4 Å². The lowest BCUT2D eigenvalue weighted by molar-refractivity contribution is -0.277. The van der Waals surface area contributed by atoms with Gasteiger partial charge >= 0.3 is 17.9 Å². The smallest absolute Gasteiger partial charge is 0.309 e.